The van der Waals surface area contributed by atoms with Gasteiger partial charge in [-0.1, -0.05) is 32.9 Å². The van der Waals surface area contributed by atoms with E-state index in [9.17, 15) is 0 Å². The Morgan fingerprint density at radius 1 is 1.12 bits per heavy atom. The predicted octanol–water partition coefficient (Wildman–Crippen LogP) is 3.72. The number of ether oxygens (including phenoxy) is 1. The van der Waals surface area contributed by atoms with Crippen LogP contribution in [0.5, 0.6) is 0 Å². The van der Waals surface area contributed by atoms with Crippen LogP contribution in [0, 0.1) is 0 Å². The van der Waals surface area contributed by atoms with E-state index in [0.29, 0.717) is 13.2 Å². The van der Waals surface area contributed by atoms with Crippen molar-refractivity contribution in [3.8, 4) is 5.69 Å². The van der Waals surface area contributed by atoms with Crippen molar-refractivity contribution in [1.29, 1.82) is 0 Å². The molecule has 0 bridgehead atoms. The SMILES string of the molecule is COCc1cc(NCc2ccc(-n3ccnc3)cc2)nc(C(C)(C)C)n1. The molecule has 6 heteroatoms. The summed E-state index contributed by atoms with van der Waals surface area (Å²) in [5.41, 5.74) is 3.03. The first kappa shape index (κ1) is 18.1. The van der Waals surface area contributed by atoms with E-state index in [4.69, 9.17) is 4.74 Å². The average molecular weight is 351 g/mol. The van der Waals surface area contributed by atoms with Gasteiger partial charge in [-0.05, 0) is 17.7 Å². The molecule has 0 amide bonds. The van der Waals surface area contributed by atoms with Crippen molar-refractivity contribution in [2.75, 3.05) is 12.4 Å². The fourth-order valence-electron chi connectivity index (χ4n) is 2.54. The Hall–Kier alpha value is -2.73. The Morgan fingerprint density at radius 2 is 1.88 bits per heavy atom. The molecule has 0 fully saturated rings. The molecule has 2 heterocycles. The molecule has 3 rings (SSSR count). The van der Waals surface area contributed by atoms with Crippen LogP contribution in [-0.2, 0) is 23.3 Å². The lowest BCUT2D eigenvalue weighted by molar-refractivity contribution is 0.181. The van der Waals surface area contributed by atoms with Crippen molar-refractivity contribution in [3.05, 3.63) is 66.1 Å². The fraction of sp³-hybridized carbons (Fsp3) is 0.350. The van der Waals surface area contributed by atoms with Crippen LogP contribution in [0.25, 0.3) is 5.69 Å². The first-order valence-corrected chi connectivity index (χ1v) is 8.64. The summed E-state index contributed by atoms with van der Waals surface area (Å²) >= 11 is 0. The van der Waals surface area contributed by atoms with Crippen molar-refractivity contribution in [2.45, 2.75) is 39.3 Å². The van der Waals surface area contributed by atoms with Crippen molar-refractivity contribution in [2.24, 2.45) is 0 Å². The van der Waals surface area contributed by atoms with Gasteiger partial charge in [0.05, 0.1) is 18.6 Å². The maximum atomic E-state index is 5.24. The lowest BCUT2D eigenvalue weighted by atomic mass is 9.95. The molecule has 0 aliphatic heterocycles. The normalized spacial score (nSPS) is 11.5. The molecule has 0 spiro atoms. The van der Waals surface area contributed by atoms with Crippen LogP contribution in [0.1, 0.15) is 37.9 Å². The Morgan fingerprint density at radius 3 is 2.50 bits per heavy atom. The number of benzene rings is 1. The first-order valence-electron chi connectivity index (χ1n) is 8.64. The van der Waals surface area contributed by atoms with E-state index in [0.717, 1.165) is 23.0 Å². The summed E-state index contributed by atoms with van der Waals surface area (Å²) in [4.78, 5) is 13.3. The highest BCUT2D eigenvalue weighted by Gasteiger charge is 2.19. The first-order chi connectivity index (χ1) is 12.5. The summed E-state index contributed by atoms with van der Waals surface area (Å²) in [7, 11) is 1.67. The molecular formula is C20H25N5O. The summed E-state index contributed by atoms with van der Waals surface area (Å²) in [5, 5.41) is 3.40. The van der Waals surface area contributed by atoms with Crippen molar-refractivity contribution >= 4 is 5.82 Å². The second-order valence-electron chi connectivity index (χ2n) is 7.24. The fourth-order valence-corrected chi connectivity index (χ4v) is 2.54. The number of methoxy groups -OCH3 is 1. The molecule has 26 heavy (non-hydrogen) atoms. The zero-order valence-electron chi connectivity index (χ0n) is 15.7. The van der Waals surface area contributed by atoms with Gasteiger partial charge < -0.3 is 14.6 Å². The van der Waals surface area contributed by atoms with Crippen LogP contribution in [0.2, 0.25) is 0 Å². The molecular weight excluding hydrogens is 326 g/mol. The third-order valence-electron chi connectivity index (χ3n) is 3.95. The molecule has 0 saturated heterocycles. The standard InChI is InChI=1S/C20H25N5O/c1-20(2,3)19-23-16(13-26-4)11-18(24-19)22-12-15-5-7-17(8-6-15)25-10-9-21-14-25/h5-11,14H,12-13H2,1-4H3,(H,22,23,24). The maximum Gasteiger partial charge on any atom is 0.136 e. The van der Waals surface area contributed by atoms with Crippen molar-refractivity contribution in [1.82, 2.24) is 19.5 Å². The summed E-state index contributed by atoms with van der Waals surface area (Å²) < 4.78 is 7.22. The third-order valence-corrected chi connectivity index (χ3v) is 3.95. The van der Waals surface area contributed by atoms with Crippen LogP contribution in [-0.4, -0.2) is 26.6 Å². The number of hydrogen-bond acceptors (Lipinski definition) is 5. The van der Waals surface area contributed by atoms with E-state index in [2.05, 4.69) is 65.3 Å². The minimum atomic E-state index is -0.118. The zero-order valence-corrected chi connectivity index (χ0v) is 15.7. The smallest absolute Gasteiger partial charge is 0.136 e. The second kappa shape index (κ2) is 7.66. The minimum Gasteiger partial charge on any atom is -0.378 e. The summed E-state index contributed by atoms with van der Waals surface area (Å²) in [6.07, 6.45) is 5.49. The molecule has 2 aromatic heterocycles. The van der Waals surface area contributed by atoms with E-state index < -0.39 is 0 Å². The molecule has 6 nitrogen and oxygen atoms in total. The quantitative estimate of drug-likeness (QED) is 0.733. The molecule has 1 N–H and O–H groups in total. The second-order valence-corrected chi connectivity index (χ2v) is 7.24. The van der Waals surface area contributed by atoms with E-state index >= 15 is 0 Å². The van der Waals surface area contributed by atoms with E-state index in [-0.39, 0.29) is 5.41 Å². The molecule has 0 atom stereocenters. The average Bonchev–Trinajstić information content (AvgIpc) is 3.14. The highest BCUT2D eigenvalue weighted by molar-refractivity contribution is 5.40. The van der Waals surface area contributed by atoms with E-state index in [1.54, 1.807) is 19.6 Å². The Balaban J connectivity index is 1.73. The summed E-state index contributed by atoms with van der Waals surface area (Å²) in [6.45, 7) is 7.49. The van der Waals surface area contributed by atoms with Gasteiger partial charge in [-0.2, -0.15) is 0 Å². The number of anilines is 1. The van der Waals surface area contributed by atoms with Crippen LogP contribution in [0.4, 0.5) is 5.82 Å². The molecule has 1 aromatic carbocycles. The number of imidazole rings is 1. The topological polar surface area (TPSA) is 64.9 Å². The molecule has 0 aliphatic rings. The van der Waals surface area contributed by atoms with Crippen molar-refractivity contribution in [3.63, 3.8) is 0 Å². The van der Waals surface area contributed by atoms with Gasteiger partial charge in [-0.3, -0.25) is 0 Å². The minimum absolute atomic E-state index is 0.118. The van der Waals surface area contributed by atoms with Gasteiger partial charge in [0.25, 0.3) is 0 Å². The van der Waals surface area contributed by atoms with Gasteiger partial charge in [-0.25, -0.2) is 15.0 Å². The van der Waals surface area contributed by atoms with E-state index in [1.165, 1.54) is 5.56 Å². The number of hydrogen-bond donors (Lipinski definition) is 1. The number of rotatable bonds is 6. The lowest BCUT2D eigenvalue weighted by Gasteiger charge is -2.19. The lowest BCUT2D eigenvalue weighted by Crippen LogP contribution is -2.18. The van der Waals surface area contributed by atoms with Crippen molar-refractivity contribution < 1.29 is 4.74 Å². The number of nitrogens with one attached hydrogen (secondary N) is 1. The van der Waals surface area contributed by atoms with Crippen LogP contribution < -0.4 is 5.32 Å². The molecule has 3 aromatic rings. The number of aromatic nitrogens is 4. The van der Waals surface area contributed by atoms with Crippen LogP contribution in [0.3, 0.4) is 0 Å². The van der Waals surface area contributed by atoms with Gasteiger partial charge >= 0.3 is 0 Å². The monoisotopic (exact) mass is 351 g/mol. The Bertz CT molecular complexity index is 836. The van der Waals surface area contributed by atoms with E-state index in [1.807, 2.05) is 16.8 Å². The highest BCUT2D eigenvalue weighted by atomic mass is 16.5. The van der Waals surface area contributed by atoms with Crippen LogP contribution >= 0.6 is 0 Å². The predicted molar refractivity (Wildman–Crippen MR) is 102 cm³/mol. The number of nitrogens with zero attached hydrogens (tertiary/aromatic N) is 4. The third kappa shape index (κ3) is 4.46. The maximum absolute atomic E-state index is 5.24. The molecule has 0 aliphatic carbocycles. The van der Waals surface area contributed by atoms with Gasteiger partial charge in [0.15, 0.2) is 0 Å². The molecule has 0 unspecified atom stereocenters. The van der Waals surface area contributed by atoms with Gasteiger partial charge in [0, 0.05) is 43.2 Å². The molecule has 0 radical (unpaired) electrons. The largest absolute Gasteiger partial charge is 0.378 e. The highest BCUT2D eigenvalue weighted by Crippen LogP contribution is 2.21. The summed E-state index contributed by atoms with van der Waals surface area (Å²) in [6, 6.07) is 10.3. The zero-order chi connectivity index (χ0) is 18.6. The molecule has 136 valence electrons. The van der Waals surface area contributed by atoms with Gasteiger partial charge in [-0.15, -0.1) is 0 Å². The molecule has 0 saturated carbocycles. The van der Waals surface area contributed by atoms with Gasteiger partial charge in [0.2, 0.25) is 0 Å². The Kier molecular flexibility index (Phi) is 5.32. The summed E-state index contributed by atoms with van der Waals surface area (Å²) in [5.74, 6) is 1.63. The Labute approximate surface area is 154 Å². The van der Waals surface area contributed by atoms with Crippen LogP contribution in [0.15, 0.2) is 49.1 Å². The van der Waals surface area contributed by atoms with Gasteiger partial charge in [0.1, 0.15) is 11.6 Å².